The van der Waals surface area contributed by atoms with Gasteiger partial charge in [0.05, 0.1) is 16.2 Å². The minimum atomic E-state index is -0.525. The van der Waals surface area contributed by atoms with Gasteiger partial charge in [-0.1, -0.05) is 35.9 Å². The SMILES string of the molecule is CC1(C)OB(c2cc(O)c(Cl)c3ccccc23)OC1(C)C. The van der Waals surface area contributed by atoms with Gasteiger partial charge in [-0.15, -0.1) is 0 Å². The van der Waals surface area contributed by atoms with Crippen molar-refractivity contribution in [2.75, 3.05) is 0 Å². The average Bonchev–Trinajstić information content (AvgIpc) is 2.63. The van der Waals surface area contributed by atoms with Crippen LogP contribution in [0.25, 0.3) is 10.8 Å². The predicted molar refractivity (Wildman–Crippen MR) is 86.3 cm³/mol. The fraction of sp³-hybridized carbons (Fsp3) is 0.375. The van der Waals surface area contributed by atoms with Gasteiger partial charge in [0, 0.05) is 5.39 Å². The molecule has 1 aliphatic heterocycles. The van der Waals surface area contributed by atoms with Crippen LogP contribution in [0, 0.1) is 0 Å². The van der Waals surface area contributed by atoms with E-state index >= 15 is 0 Å². The monoisotopic (exact) mass is 304 g/mol. The number of hydrogen-bond acceptors (Lipinski definition) is 3. The summed E-state index contributed by atoms with van der Waals surface area (Å²) in [5.41, 5.74) is -0.0478. The average molecular weight is 305 g/mol. The van der Waals surface area contributed by atoms with Crippen molar-refractivity contribution in [3.8, 4) is 5.75 Å². The number of halogens is 1. The van der Waals surface area contributed by atoms with Crippen LogP contribution in [-0.2, 0) is 9.31 Å². The molecule has 1 aliphatic rings. The Morgan fingerprint density at radius 3 is 2.10 bits per heavy atom. The van der Waals surface area contributed by atoms with E-state index in [1.165, 1.54) is 0 Å². The molecule has 0 bridgehead atoms. The Morgan fingerprint density at radius 1 is 1.00 bits per heavy atom. The van der Waals surface area contributed by atoms with Crippen molar-refractivity contribution in [1.29, 1.82) is 0 Å². The minimum absolute atomic E-state index is 0.0417. The van der Waals surface area contributed by atoms with Gasteiger partial charge in [0.15, 0.2) is 0 Å². The molecule has 0 spiro atoms. The third-order valence-electron chi connectivity index (χ3n) is 4.50. The molecule has 2 aromatic carbocycles. The van der Waals surface area contributed by atoms with Crippen molar-refractivity contribution in [3.63, 3.8) is 0 Å². The van der Waals surface area contributed by atoms with Crippen molar-refractivity contribution in [2.45, 2.75) is 38.9 Å². The van der Waals surface area contributed by atoms with Crippen molar-refractivity contribution in [3.05, 3.63) is 35.4 Å². The predicted octanol–water partition coefficient (Wildman–Crippen LogP) is 3.50. The molecular formula is C16H18BClO3. The van der Waals surface area contributed by atoms with Crippen LogP contribution in [0.2, 0.25) is 5.02 Å². The lowest BCUT2D eigenvalue weighted by molar-refractivity contribution is 0.00578. The summed E-state index contributed by atoms with van der Waals surface area (Å²) in [6.45, 7) is 8.02. The van der Waals surface area contributed by atoms with E-state index in [4.69, 9.17) is 20.9 Å². The number of phenols is 1. The Kier molecular flexibility index (Phi) is 3.24. The van der Waals surface area contributed by atoms with Crippen molar-refractivity contribution >= 4 is 35.0 Å². The van der Waals surface area contributed by atoms with Crippen LogP contribution >= 0.6 is 11.6 Å². The zero-order valence-corrected chi connectivity index (χ0v) is 13.4. The summed E-state index contributed by atoms with van der Waals surface area (Å²) in [6, 6.07) is 9.30. The van der Waals surface area contributed by atoms with Gasteiger partial charge in [-0.05, 0) is 44.6 Å². The Labute approximate surface area is 130 Å². The molecule has 0 amide bonds. The van der Waals surface area contributed by atoms with E-state index in [0.717, 1.165) is 16.2 Å². The summed E-state index contributed by atoms with van der Waals surface area (Å²) in [7, 11) is -0.525. The van der Waals surface area contributed by atoms with E-state index in [2.05, 4.69) is 0 Å². The second kappa shape index (κ2) is 4.63. The third kappa shape index (κ3) is 2.22. The molecule has 0 unspecified atom stereocenters. The maximum Gasteiger partial charge on any atom is 0.495 e. The smallest absolute Gasteiger partial charge is 0.495 e. The fourth-order valence-electron chi connectivity index (χ4n) is 2.52. The van der Waals surface area contributed by atoms with Crippen LogP contribution in [0.5, 0.6) is 5.75 Å². The summed E-state index contributed by atoms with van der Waals surface area (Å²) < 4.78 is 12.2. The number of fused-ring (bicyclic) bond motifs is 1. The van der Waals surface area contributed by atoms with Crippen LogP contribution in [0.3, 0.4) is 0 Å². The number of aromatic hydroxyl groups is 1. The molecule has 21 heavy (non-hydrogen) atoms. The maximum absolute atomic E-state index is 10.1. The van der Waals surface area contributed by atoms with Gasteiger partial charge < -0.3 is 14.4 Å². The molecule has 5 heteroatoms. The largest absolute Gasteiger partial charge is 0.506 e. The van der Waals surface area contributed by atoms with Crippen LogP contribution in [0.15, 0.2) is 30.3 Å². The molecule has 0 saturated carbocycles. The summed E-state index contributed by atoms with van der Waals surface area (Å²) in [6.07, 6.45) is 0. The molecule has 3 nitrogen and oxygen atoms in total. The summed E-state index contributed by atoms with van der Waals surface area (Å²) in [4.78, 5) is 0. The standard InChI is InChI=1S/C16H18BClO3/c1-15(2)16(3,4)21-17(20-15)12-9-13(19)14(18)11-8-6-5-7-10(11)12/h5-9,19H,1-4H3. The first-order valence-electron chi connectivity index (χ1n) is 6.99. The highest BCUT2D eigenvalue weighted by Crippen LogP contribution is 2.38. The van der Waals surface area contributed by atoms with Gasteiger partial charge in [0.1, 0.15) is 5.75 Å². The van der Waals surface area contributed by atoms with Crippen LogP contribution in [-0.4, -0.2) is 23.4 Å². The van der Waals surface area contributed by atoms with Gasteiger partial charge in [-0.3, -0.25) is 0 Å². The van der Waals surface area contributed by atoms with Crippen LogP contribution < -0.4 is 5.46 Å². The summed E-state index contributed by atoms with van der Waals surface area (Å²) >= 11 is 6.19. The molecule has 0 aliphatic carbocycles. The number of rotatable bonds is 1. The van der Waals surface area contributed by atoms with Crippen molar-refractivity contribution in [1.82, 2.24) is 0 Å². The van der Waals surface area contributed by atoms with Crippen molar-refractivity contribution in [2.24, 2.45) is 0 Å². The maximum atomic E-state index is 10.1. The van der Waals surface area contributed by atoms with Crippen LogP contribution in [0.4, 0.5) is 0 Å². The van der Waals surface area contributed by atoms with Crippen molar-refractivity contribution < 1.29 is 14.4 Å². The zero-order chi connectivity index (χ0) is 15.4. The quantitative estimate of drug-likeness (QED) is 0.820. The highest BCUT2D eigenvalue weighted by molar-refractivity contribution is 6.65. The molecular weight excluding hydrogens is 286 g/mol. The highest BCUT2D eigenvalue weighted by atomic mass is 35.5. The van der Waals surface area contributed by atoms with Gasteiger partial charge >= 0.3 is 7.12 Å². The molecule has 110 valence electrons. The molecule has 0 atom stereocenters. The summed E-state index contributed by atoms with van der Waals surface area (Å²) in [5, 5.41) is 12.2. The first-order chi connectivity index (χ1) is 9.73. The third-order valence-corrected chi connectivity index (χ3v) is 4.90. The second-order valence-corrected chi connectivity index (χ2v) is 6.81. The Bertz CT molecular complexity index is 696. The first-order valence-corrected chi connectivity index (χ1v) is 7.36. The number of phenolic OH excluding ortho intramolecular Hbond substituents is 1. The van der Waals surface area contributed by atoms with E-state index in [1.807, 2.05) is 52.0 Å². The second-order valence-electron chi connectivity index (χ2n) is 6.43. The Morgan fingerprint density at radius 2 is 1.52 bits per heavy atom. The normalized spacial score (nSPS) is 20.1. The van der Waals surface area contributed by atoms with Crippen LogP contribution in [0.1, 0.15) is 27.7 Å². The molecule has 2 aromatic rings. The minimum Gasteiger partial charge on any atom is -0.506 e. The Hall–Kier alpha value is -1.23. The fourth-order valence-corrected chi connectivity index (χ4v) is 2.74. The lowest BCUT2D eigenvalue weighted by atomic mass is 9.76. The highest BCUT2D eigenvalue weighted by Gasteiger charge is 2.52. The molecule has 0 radical (unpaired) electrons. The topological polar surface area (TPSA) is 38.7 Å². The number of benzene rings is 2. The molecule has 1 N–H and O–H groups in total. The lowest BCUT2D eigenvalue weighted by Crippen LogP contribution is -2.41. The molecule has 1 saturated heterocycles. The molecule has 3 rings (SSSR count). The van der Waals surface area contributed by atoms with Gasteiger partial charge in [0.25, 0.3) is 0 Å². The van der Waals surface area contributed by atoms with Gasteiger partial charge in [-0.2, -0.15) is 0 Å². The lowest BCUT2D eigenvalue weighted by Gasteiger charge is -2.32. The number of hydrogen-bond donors (Lipinski definition) is 1. The molecule has 1 fully saturated rings. The molecule has 0 aromatic heterocycles. The summed E-state index contributed by atoms with van der Waals surface area (Å²) in [5.74, 6) is 0.0417. The zero-order valence-electron chi connectivity index (χ0n) is 12.6. The van der Waals surface area contributed by atoms with Gasteiger partial charge in [-0.25, -0.2) is 0 Å². The van der Waals surface area contributed by atoms with E-state index in [0.29, 0.717) is 5.02 Å². The van der Waals surface area contributed by atoms with E-state index in [-0.39, 0.29) is 5.75 Å². The molecule has 1 heterocycles. The Balaban J connectivity index is 2.17. The van der Waals surface area contributed by atoms with E-state index in [1.54, 1.807) is 6.07 Å². The van der Waals surface area contributed by atoms with E-state index < -0.39 is 18.3 Å². The van der Waals surface area contributed by atoms with E-state index in [9.17, 15) is 5.11 Å². The van der Waals surface area contributed by atoms with Gasteiger partial charge in [0.2, 0.25) is 0 Å². The first kappa shape index (κ1) is 14.7.